The lowest BCUT2D eigenvalue weighted by Gasteiger charge is -2.15. The Hall–Kier alpha value is -2.96. The standard InChI is InChI=1S/C16H16N4O3/c1-10(21)20-8-7-11-9-12(3-5-14(11)20)17-16(23)13-4-6-15(22)19(2)18-13/h3-6,9H,7-8H2,1-2H3,(H,17,23). The highest BCUT2D eigenvalue weighted by Gasteiger charge is 2.22. The predicted octanol–water partition coefficient (Wildman–Crippen LogP) is 0.942. The summed E-state index contributed by atoms with van der Waals surface area (Å²) in [5, 5.41) is 6.67. The van der Waals surface area contributed by atoms with Gasteiger partial charge in [-0.15, -0.1) is 0 Å². The van der Waals surface area contributed by atoms with Crippen LogP contribution in [0.15, 0.2) is 35.1 Å². The van der Waals surface area contributed by atoms with Gasteiger partial charge in [-0.1, -0.05) is 0 Å². The number of carbonyl (C=O) groups is 2. The second-order valence-electron chi connectivity index (χ2n) is 5.40. The molecule has 0 atom stereocenters. The fraction of sp³-hybridized carbons (Fsp3) is 0.250. The highest BCUT2D eigenvalue weighted by atomic mass is 16.2. The van der Waals surface area contributed by atoms with Crippen molar-refractivity contribution in [1.29, 1.82) is 0 Å². The van der Waals surface area contributed by atoms with E-state index < -0.39 is 0 Å². The summed E-state index contributed by atoms with van der Waals surface area (Å²) in [4.78, 5) is 36.8. The van der Waals surface area contributed by atoms with Gasteiger partial charge in [-0.05, 0) is 36.2 Å². The summed E-state index contributed by atoms with van der Waals surface area (Å²) in [6.45, 7) is 2.19. The Morgan fingerprint density at radius 2 is 2.00 bits per heavy atom. The normalized spacial score (nSPS) is 12.9. The lowest BCUT2D eigenvalue weighted by molar-refractivity contribution is -0.116. The summed E-state index contributed by atoms with van der Waals surface area (Å²) in [6.07, 6.45) is 0.761. The first kappa shape index (κ1) is 15.0. The van der Waals surface area contributed by atoms with Crippen LogP contribution in [-0.2, 0) is 18.3 Å². The van der Waals surface area contributed by atoms with E-state index >= 15 is 0 Å². The van der Waals surface area contributed by atoms with E-state index in [4.69, 9.17) is 0 Å². The molecule has 2 aromatic rings. The molecule has 2 heterocycles. The predicted molar refractivity (Wildman–Crippen MR) is 85.6 cm³/mol. The van der Waals surface area contributed by atoms with E-state index in [9.17, 15) is 14.4 Å². The van der Waals surface area contributed by atoms with E-state index in [1.165, 1.54) is 26.1 Å². The molecular weight excluding hydrogens is 296 g/mol. The van der Waals surface area contributed by atoms with Gasteiger partial charge < -0.3 is 10.2 Å². The molecule has 0 saturated heterocycles. The molecular formula is C16H16N4O3. The molecule has 0 saturated carbocycles. The van der Waals surface area contributed by atoms with E-state index in [1.54, 1.807) is 11.0 Å². The van der Waals surface area contributed by atoms with Gasteiger partial charge in [0.25, 0.3) is 11.5 Å². The molecule has 0 aliphatic carbocycles. The van der Waals surface area contributed by atoms with Crippen LogP contribution in [0, 0.1) is 0 Å². The molecule has 118 valence electrons. The highest BCUT2D eigenvalue weighted by Crippen LogP contribution is 2.30. The topological polar surface area (TPSA) is 84.3 Å². The van der Waals surface area contributed by atoms with Gasteiger partial charge in [-0.2, -0.15) is 5.10 Å². The first-order valence-electron chi connectivity index (χ1n) is 7.22. The minimum absolute atomic E-state index is 0.00920. The van der Waals surface area contributed by atoms with Crippen molar-refractivity contribution in [2.24, 2.45) is 7.05 Å². The lowest BCUT2D eigenvalue weighted by Crippen LogP contribution is -2.25. The van der Waals surface area contributed by atoms with Gasteiger partial charge in [0.1, 0.15) is 5.69 Å². The molecule has 1 aromatic heterocycles. The highest BCUT2D eigenvalue weighted by molar-refractivity contribution is 6.03. The number of nitrogens with one attached hydrogen (secondary N) is 1. The van der Waals surface area contributed by atoms with Crippen molar-refractivity contribution >= 4 is 23.2 Å². The number of anilines is 2. The Kier molecular flexibility index (Phi) is 3.69. The van der Waals surface area contributed by atoms with Crippen LogP contribution in [0.25, 0.3) is 0 Å². The maximum absolute atomic E-state index is 12.2. The molecule has 0 bridgehead atoms. The largest absolute Gasteiger partial charge is 0.321 e. The Morgan fingerprint density at radius 3 is 2.70 bits per heavy atom. The molecule has 0 unspecified atom stereocenters. The first-order valence-corrected chi connectivity index (χ1v) is 7.22. The van der Waals surface area contributed by atoms with Crippen LogP contribution < -0.4 is 15.8 Å². The van der Waals surface area contributed by atoms with Crippen molar-refractivity contribution in [1.82, 2.24) is 9.78 Å². The third-order valence-corrected chi connectivity index (χ3v) is 3.81. The Bertz CT molecular complexity index is 857. The number of carbonyl (C=O) groups excluding carboxylic acids is 2. The van der Waals surface area contributed by atoms with Crippen LogP contribution in [0.1, 0.15) is 23.0 Å². The van der Waals surface area contributed by atoms with Gasteiger partial charge in [0.15, 0.2) is 0 Å². The Morgan fingerprint density at radius 1 is 1.22 bits per heavy atom. The van der Waals surface area contributed by atoms with Crippen LogP contribution in [0.3, 0.4) is 0 Å². The van der Waals surface area contributed by atoms with Crippen LogP contribution in [0.4, 0.5) is 11.4 Å². The van der Waals surface area contributed by atoms with Crippen LogP contribution in [-0.4, -0.2) is 28.1 Å². The van der Waals surface area contributed by atoms with Crippen molar-refractivity contribution in [3.63, 3.8) is 0 Å². The number of nitrogens with zero attached hydrogens (tertiary/aromatic N) is 3. The Balaban J connectivity index is 1.81. The average Bonchev–Trinajstić information content (AvgIpc) is 2.93. The summed E-state index contributed by atoms with van der Waals surface area (Å²) >= 11 is 0. The van der Waals surface area contributed by atoms with Crippen molar-refractivity contribution in [2.45, 2.75) is 13.3 Å². The molecule has 1 N–H and O–H groups in total. The number of benzene rings is 1. The molecule has 2 amide bonds. The molecule has 3 rings (SSSR count). The number of hydrogen-bond donors (Lipinski definition) is 1. The zero-order valence-electron chi connectivity index (χ0n) is 12.9. The third kappa shape index (κ3) is 2.85. The van der Waals surface area contributed by atoms with Crippen molar-refractivity contribution < 1.29 is 9.59 Å². The molecule has 7 heteroatoms. The molecule has 23 heavy (non-hydrogen) atoms. The monoisotopic (exact) mass is 312 g/mol. The van der Waals surface area contributed by atoms with Crippen LogP contribution in [0.5, 0.6) is 0 Å². The molecule has 7 nitrogen and oxygen atoms in total. The fourth-order valence-electron chi connectivity index (χ4n) is 2.63. The van der Waals surface area contributed by atoms with E-state index in [0.717, 1.165) is 22.4 Å². The van der Waals surface area contributed by atoms with E-state index in [0.29, 0.717) is 12.2 Å². The average molecular weight is 312 g/mol. The van der Waals surface area contributed by atoms with Crippen LogP contribution >= 0.6 is 0 Å². The number of fused-ring (bicyclic) bond motifs is 1. The number of amides is 2. The third-order valence-electron chi connectivity index (χ3n) is 3.81. The fourth-order valence-corrected chi connectivity index (χ4v) is 2.63. The van der Waals surface area contributed by atoms with Gasteiger partial charge >= 0.3 is 0 Å². The molecule has 0 spiro atoms. The smallest absolute Gasteiger partial charge is 0.276 e. The summed E-state index contributed by atoms with van der Waals surface area (Å²) < 4.78 is 1.11. The number of aryl methyl sites for hydroxylation is 1. The number of aromatic nitrogens is 2. The van der Waals surface area contributed by atoms with Gasteiger partial charge in [-0.25, -0.2) is 4.68 Å². The maximum atomic E-state index is 12.2. The minimum Gasteiger partial charge on any atom is -0.321 e. The number of rotatable bonds is 2. The van der Waals surface area contributed by atoms with E-state index in [1.807, 2.05) is 12.1 Å². The zero-order valence-corrected chi connectivity index (χ0v) is 12.9. The molecule has 0 radical (unpaired) electrons. The van der Waals surface area contributed by atoms with Crippen molar-refractivity contribution in [2.75, 3.05) is 16.8 Å². The van der Waals surface area contributed by atoms with Crippen molar-refractivity contribution in [3.05, 3.63) is 51.9 Å². The van der Waals surface area contributed by atoms with E-state index in [2.05, 4.69) is 10.4 Å². The zero-order chi connectivity index (χ0) is 16.6. The van der Waals surface area contributed by atoms with E-state index in [-0.39, 0.29) is 23.1 Å². The maximum Gasteiger partial charge on any atom is 0.276 e. The van der Waals surface area contributed by atoms with Gasteiger partial charge in [0.2, 0.25) is 5.91 Å². The SMILES string of the molecule is CC(=O)N1CCc2cc(NC(=O)c3ccc(=O)n(C)n3)ccc21. The Labute approximate surface area is 132 Å². The summed E-state index contributed by atoms with van der Waals surface area (Å²) in [7, 11) is 1.49. The molecule has 1 aliphatic rings. The minimum atomic E-state index is -0.387. The lowest BCUT2D eigenvalue weighted by atomic mass is 10.1. The number of hydrogen-bond acceptors (Lipinski definition) is 4. The second-order valence-corrected chi connectivity index (χ2v) is 5.40. The second kappa shape index (κ2) is 5.68. The first-order chi connectivity index (χ1) is 11.0. The molecule has 0 fully saturated rings. The van der Waals surface area contributed by atoms with Gasteiger partial charge in [-0.3, -0.25) is 14.4 Å². The summed E-state index contributed by atoms with van der Waals surface area (Å²) in [5.41, 5.74) is 2.43. The van der Waals surface area contributed by atoms with Crippen molar-refractivity contribution in [3.8, 4) is 0 Å². The van der Waals surface area contributed by atoms with Gasteiger partial charge in [0, 0.05) is 38.0 Å². The molecule has 1 aliphatic heterocycles. The summed E-state index contributed by atoms with van der Waals surface area (Å²) in [5.74, 6) is -0.378. The molecule has 1 aromatic carbocycles. The van der Waals surface area contributed by atoms with Crippen LogP contribution in [0.2, 0.25) is 0 Å². The summed E-state index contributed by atoms with van der Waals surface area (Å²) in [6, 6.07) is 8.13. The van der Waals surface area contributed by atoms with Gasteiger partial charge in [0.05, 0.1) is 0 Å². The quantitative estimate of drug-likeness (QED) is 0.894.